The van der Waals surface area contributed by atoms with E-state index in [0.29, 0.717) is 24.9 Å². The van der Waals surface area contributed by atoms with Crippen LogP contribution in [0.2, 0.25) is 0 Å². The molecule has 1 unspecified atom stereocenters. The van der Waals surface area contributed by atoms with Crippen molar-refractivity contribution >= 4 is 5.97 Å². The second-order valence-corrected chi connectivity index (χ2v) is 3.38. The number of carbonyl (C=O) groups is 1. The van der Waals surface area contributed by atoms with E-state index in [4.69, 9.17) is 4.74 Å². The topological polar surface area (TPSA) is 26.3 Å². The standard InChI is InChI=1S/C8H14O2/c1-6(2)3-7-4-8(9)10-5-7/h6-7H,3-5H2,1-2H3. The van der Waals surface area contributed by atoms with Gasteiger partial charge in [0.15, 0.2) is 0 Å². The molecule has 1 heterocycles. The van der Waals surface area contributed by atoms with Crippen LogP contribution in [0.25, 0.3) is 0 Å². The smallest absolute Gasteiger partial charge is 0.306 e. The maximum absolute atomic E-state index is 10.6. The Hall–Kier alpha value is -0.530. The minimum atomic E-state index is -0.0225. The van der Waals surface area contributed by atoms with Crippen molar-refractivity contribution < 1.29 is 9.53 Å². The third-order valence-corrected chi connectivity index (χ3v) is 1.74. The summed E-state index contributed by atoms with van der Waals surface area (Å²) in [7, 11) is 0. The van der Waals surface area contributed by atoms with E-state index in [1.807, 2.05) is 0 Å². The summed E-state index contributed by atoms with van der Waals surface area (Å²) in [6.07, 6.45) is 1.75. The van der Waals surface area contributed by atoms with Crippen LogP contribution >= 0.6 is 0 Å². The molecule has 0 aromatic carbocycles. The van der Waals surface area contributed by atoms with Gasteiger partial charge in [0.05, 0.1) is 13.0 Å². The van der Waals surface area contributed by atoms with Crippen molar-refractivity contribution in [2.45, 2.75) is 26.7 Å². The van der Waals surface area contributed by atoms with Gasteiger partial charge in [0.25, 0.3) is 0 Å². The highest BCUT2D eigenvalue weighted by atomic mass is 16.5. The van der Waals surface area contributed by atoms with Gasteiger partial charge in [-0.1, -0.05) is 13.8 Å². The van der Waals surface area contributed by atoms with Gasteiger partial charge in [0, 0.05) is 5.92 Å². The van der Waals surface area contributed by atoms with Gasteiger partial charge in [-0.3, -0.25) is 4.79 Å². The van der Waals surface area contributed by atoms with E-state index in [1.165, 1.54) is 0 Å². The lowest BCUT2D eigenvalue weighted by atomic mass is 9.97. The molecule has 0 aliphatic carbocycles. The van der Waals surface area contributed by atoms with Crippen LogP contribution in [0.1, 0.15) is 26.7 Å². The zero-order valence-electron chi connectivity index (χ0n) is 6.59. The first-order valence-electron chi connectivity index (χ1n) is 3.84. The first kappa shape index (κ1) is 7.58. The zero-order chi connectivity index (χ0) is 7.56. The largest absolute Gasteiger partial charge is 0.465 e. The van der Waals surface area contributed by atoms with E-state index >= 15 is 0 Å². The summed E-state index contributed by atoms with van der Waals surface area (Å²) >= 11 is 0. The van der Waals surface area contributed by atoms with Crippen LogP contribution in [0.3, 0.4) is 0 Å². The Morgan fingerprint density at radius 2 is 2.40 bits per heavy atom. The third-order valence-electron chi connectivity index (χ3n) is 1.74. The molecule has 2 heteroatoms. The molecule has 1 saturated heterocycles. The molecule has 0 saturated carbocycles. The van der Waals surface area contributed by atoms with E-state index in [2.05, 4.69) is 13.8 Å². The normalized spacial score (nSPS) is 25.5. The minimum absolute atomic E-state index is 0.0225. The summed E-state index contributed by atoms with van der Waals surface area (Å²) in [6.45, 7) is 4.99. The molecule has 0 radical (unpaired) electrons. The monoisotopic (exact) mass is 142 g/mol. The number of ether oxygens (including phenoxy) is 1. The molecule has 0 amide bonds. The Balaban J connectivity index is 2.24. The van der Waals surface area contributed by atoms with Gasteiger partial charge >= 0.3 is 5.97 Å². The van der Waals surface area contributed by atoms with Crippen molar-refractivity contribution in [2.75, 3.05) is 6.61 Å². The lowest BCUT2D eigenvalue weighted by Crippen LogP contribution is -2.03. The molecule has 1 aliphatic rings. The predicted molar refractivity (Wildman–Crippen MR) is 38.5 cm³/mol. The van der Waals surface area contributed by atoms with Crippen LogP contribution in [0.4, 0.5) is 0 Å². The maximum Gasteiger partial charge on any atom is 0.306 e. The highest BCUT2D eigenvalue weighted by Crippen LogP contribution is 2.21. The van der Waals surface area contributed by atoms with Crippen molar-refractivity contribution in [1.82, 2.24) is 0 Å². The minimum Gasteiger partial charge on any atom is -0.465 e. The van der Waals surface area contributed by atoms with Crippen LogP contribution in [-0.4, -0.2) is 12.6 Å². The Morgan fingerprint density at radius 3 is 2.80 bits per heavy atom. The second-order valence-electron chi connectivity index (χ2n) is 3.38. The van der Waals surface area contributed by atoms with Crippen molar-refractivity contribution in [3.8, 4) is 0 Å². The highest BCUT2D eigenvalue weighted by molar-refractivity contribution is 5.71. The lowest BCUT2D eigenvalue weighted by molar-refractivity contribution is -0.137. The molecule has 10 heavy (non-hydrogen) atoms. The summed E-state index contributed by atoms with van der Waals surface area (Å²) in [5.41, 5.74) is 0. The van der Waals surface area contributed by atoms with Gasteiger partial charge in [-0.05, 0) is 12.3 Å². The van der Waals surface area contributed by atoms with E-state index in [1.54, 1.807) is 0 Å². The number of rotatable bonds is 2. The van der Waals surface area contributed by atoms with E-state index in [9.17, 15) is 4.79 Å². The fourth-order valence-corrected chi connectivity index (χ4v) is 1.38. The molecule has 0 aromatic rings. The van der Waals surface area contributed by atoms with E-state index < -0.39 is 0 Å². The van der Waals surface area contributed by atoms with Gasteiger partial charge in [0.2, 0.25) is 0 Å². The van der Waals surface area contributed by atoms with Crippen LogP contribution in [0.5, 0.6) is 0 Å². The first-order valence-corrected chi connectivity index (χ1v) is 3.84. The van der Waals surface area contributed by atoms with Gasteiger partial charge in [-0.15, -0.1) is 0 Å². The number of cyclic esters (lactones) is 1. The van der Waals surface area contributed by atoms with Crippen LogP contribution in [-0.2, 0) is 9.53 Å². The Morgan fingerprint density at radius 1 is 1.70 bits per heavy atom. The highest BCUT2D eigenvalue weighted by Gasteiger charge is 2.23. The molecule has 1 aliphatic heterocycles. The summed E-state index contributed by atoms with van der Waals surface area (Å²) in [5, 5.41) is 0. The Bertz CT molecular complexity index is 129. The molecule has 0 bridgehead atoms. The summed E-state index contributed by atoms with van der Waals surface area (Å²) in [4.78, 5) is 10.6. The fourth-order valence-electron chi connectivity index (χ4n) is 1.38. The molecule has 0 spiro atoms. The molecule has 1 rings (SSSR count). The quantitative estimate of drug-likeness (QED) is 0.547. The van der Waals surface area contributed by atoms with Crippen LogP contribution < -0.4 is 0 Å². The van der Waals surface area contributed by atoms with Gasteiger partial charge in [-0.2, -0.15) is 0 Å². The molecular formula is C8H14O2. The molecule has 58 valence electrons. The number of esters is 1. The predicted octanol–water partition coefficient (Wildman–Crippen LogP) is 1.60. The lowest BCUT2D eigenvalue weighted by Gasteiger charge is -2.07. The van der Waals surface area contributed by atoms with Crippen LogP contribution in [0.15, 0.2) is 0 Å². The second kappa shape index (κ2) is 3.04. The number of carbonyl (C=O) groups excluding carboxylic acids is 1. The molecule has 1 atom stereocenters. The molecule has 1 fully saturated rings. The Labute approximate surface area is 61.6 Å². The van der Waals surface area contributed by atoms with Crippen LogP contribution in [0, 0.1) is 11.8 Å². The third kappa shape index (κ3) is 2.01. The van der Waals surface area contributed by atoms with Gasteiger partial charge in [0.1, 0.15) is 0 Å². The SMILES string of the molecule is CC(C)CC1COC(=O)C1. The molecule has 2 nitrogen and oxygen atoms in total. The molecule has 0 aromatic heterocycles. The summed E-state index contributed by atoms with van der Waals surface area (Å²) < 4.78 is 4.83. The first-order chi connectivity index (χ1) is 4.68. The Kier molecular flexibility index (Phi) is 2.30. The molecule has 0 N–H and O–H groups in total. The summed E-state index contributed by atoms with van der Waals surface area (Å²) in [5.74, 6) is 1.15. The number of hydrogen-bond donors (Lipinski definition) is 0. The van der Waals surface area contributed by atoms with E-state index in [0.717, 1.165) is 6.42 Å². The van der Waals surface area contributed by atoms with Gasteiger partial charge < -0.3 is 4.74 Å². The maximum atomic E-state index is 10.6. The van der Waals surface area contributed by atoms with Gasteiger partial charge in [-0.25, -0.2) is 0 Å². The average molecular weight is 142 g/mol. The van der Waals surface area contributed by atoms with Crippen molar-refractivity contribution in [2.24, 2.45) is 11.8 Å². The van der Waals surface area contributed by atoms with E-state index in [-0.39, 0.29) is 5.97 Å². The fraction of sp³-hybridized carbons (Fsp3) is 0.875. The zero-order valence-corrected chi connectivity index (χ0v) is 6.59. The average Bonchev–Trinajstić information content (AvgIpc) is 2.13. The van der Waals surface area contributed by atoms with Crippen molar-refractivity contribution in [3.63, 3.8) is 0 Å². The van der Waals surface area contributed by atoms with Crippen molar-refractivity contribution in [3.05, 3.63) is 0 Å². The summed E-state index contributed by atoms with van der Waals surface area (Å²) in [6, 6.07) is 0. The van der Waals surface area contributed by atoms with Crippen molar-refractivity contribution in [1.29, 1.82) is 0 Å². The molecular weight excluding hydrogens is 128 g/mol. The number of hydrogen-bond acceptors (Lipinski definition) is 2.